The molecule has 2 aliphatic heterocycles. The second-order valence-corrected chi connectivity index (χ2v) is 9.47. The monoisotopic (exact) mass is 441 g/mol. The third-order valence-corrected chi connectivity index (χ3v) is 6.78. The average Bonchev–Trinajstić information content (AvgIpc) is 3.26. The number of hydrogen-bond acceptors (Lipinski definition) is 5. The number of benzene rings is 1. The van der Waals surface area contributed by atoms with Gasteiger partial charge in [0.15, 0.2) is 5.78 Å². The summed E-state index contributed by atoms with van der Waals surface area (Å²) in [6, 6.07) is 10.0. The van der Waals surface area contributed by atoms with Crippen molar-refractivity contribution in [3.8, 4) is 0 Å². The first-order valence-corrected chi connectivity index (χ1v) is 11.9. The average molecular weight is 442 g/mol. The maximum atomic E-state index is 12.9. The molecule has 2 heterocycles. The fraction of sp³-hybridized carbons (Fsp3) is 0.593. The van der Waals surface area contributed by atoms with Gasteiger partial charge < -0.3 is 14.6 Å². The fourth-order valence-corrected chi connectivity index (χ4v) is 4.90. The number of allylic oxidation sites excluding steroid dienone is 2. The first kappa shape index (κ1) is 24.8. The maximum Gasteiger partial charge on any atom is 0.192 e. The fourth-order valence-electron chi connectivity index (χ4n) is 4.90. The summed E-state index contributed by atoms with van der Waals surface area (Å²) in [6.45, 7) is 10.4. The number of carbonyl (C=O) groups is 1. The summed E-state index contributed by atoms with van der Waals surface area (Å²) >= 11 is 0. The molecule has 3 rings (SSSR count). The van der Waals surface area contributed by atoms with Gasteiger partial charge in [0.1, 0.15) is 12.4 Å². The second kappa shape index (κ2) is 11.4. The molecule has 0 spiro atoms. The molecule has 0 bridgehead atoms. The lowest BCUT2D eigenvalue weighted by Crippen LogP contribution is -2.58. The van der Waals surface area contributed by atoms with Crippen LogP contribution in [0.4, 0.5) is 0 Å². The predicted molar refractivity (Wildman–Crippen MR) is 127 cm³/mol. The van der Waals surface area contributed by atoms with Crippen LogP contribution in [0.2, 0.25) is 0 Å². The van der Waals surface area contributed by atoms with Crippen LogP contribution in [0.25, 0.3) is 0 Å². The normalized spacial score (nSPS) is 27.5. The molecule has 5 heteroatoms. The molecule has 2 fully saturated rings. The van der Waals surface area contributed by atoms with Gasteiger partial charge in [0.05, 0.1) is 12.7 Å². The first-order chi connectivity index (χ1) is 15.3. The van der Waals surface area contributed by atoms with Crippen LogP contribution >= 0.6 is 0 Å². The molecule has 32 heavy (non-hydrogen) atoms. The first-order valence-electron chi connectivity index (χ1n) is 11.9. The maximum absolute atomic E-state index is 12.9. The van der Waals surface area contributed by atoms with Gasteiger partial charge in [-0.1, -0.05) is 56.3 Å². The van der Waals surface area contributed by atoms with Crippen LogP contribution in [0, 0.1) is 5.92 Å². The van der Waals surface area contributed by atoms with Crippen molar-refractivity contribution >= 4 is 5.78 Å². The van der Waals surface area contributed by atoms with Crippen molar-refractivity contribution in [2.45, 2.75) is 77.7 Å². The van der Waals surface area contributed by atoms with E-state index in [4.69, 9.17) is 9.47 Å². The molecule has 1 aromatic carbocycles. The standard InChI is InChI=1S/C27H39NO4/c1-5-24(32-19-31-18-22-10-7-6-8-11-22)21(3)14-13-20(2)16-23-17-28-15-9-12-25(28)27(4,30)26(23)29/h6-8,10-11,14,16,20,24-25,30H,5,9,12-13,15,17-19H2,1-4H3/b21-14+,23-16+/t20-,24+,25+,27-/m1/s1. The minimum absolute atomic E-state index is 0.0213. The molecule has 0 aliphatic carbocycles. The largest absolute Gasteiger partial charge is 0.380 e. The van der Waals surface area contributed by atoms with Crippen molar-refractivity contribution in [2.24, 2.45) is 5.92 Å². The highest BCUT2D eigenvalue weighted by Gasteiger charge is 2.49. The molecule has 0 saturated carbocycles. The minimum Gasteiger partial charge on any atom is -0.380 e. The van der Waals surface area contributed by atoms with Crippen molar-refractivity contribution in [3.05, 3.63) is 59.2 Å². The summed E-state index contributed by atoms with van der Waals surface area (Å²) in [5, 5.41) is 10.8. The topological polar surface area (TPSA) is 59.0 Å². The van der Waals surface area contributed by atoms with Gasteiger partial charge in [0, 0.05) is 18.2 Å². The Morgan fingerprint density at radius 1 is 1.34 bits per heavy atom. The van der Waals surface area contributed by atoms with Gasteiger partial charge in [-0.15, -0.1) is 0 Å². The van der Waals surface area contributed by atoms with Crippen LogP contribution in [0.15, 0.2) is 53.6 Å². The quantitative estimate of drug-likeness (QED) is 0.248. The van der Waals surface area contributed by atoms with E-state index < -0.39 is 5.60 Å². The molecule has 2 saturated heterocycles. The van der Waals surface area contributed by atoms with E-state index in [9.17, 15) is 9.90 Å². The molecular weight excluding hydrogens is 402 g/mol. The highest BCUT2D eigenvalue weighted by Crippen LogP contribution is 2.35. The molecule has 4 atom stereocenters. The molecule has 1 aromatic rings. The van der Waals surface area contributed by atoms with Crippen LogP contribution in [0.1, 0.15) is 58.9 Å². The highest BCUT2D eigenvalue weighted by atomic mass is 16.7. The Labute approximate surface area is 193 Å². The van der Waals surface area contributed by atoms with Gasteiger partial charge in [0.25, 0.3) is 0 Å². The van der Waals surface area contributed by atoms with Crippen LogP contribution in [-0.2, 0) is 20.9 Å². The van der Waals surface area contributed by atoms with Crippen LogP contribution < -0.4 is 0 Å². The Hall–Kier alpha value is -1.79. The van der Waals surface area contributed by atoms with E-state index in [0.29, 0.717) is 13.2 Å². The zero-order valence-corrected chi connectivity index (χ0v) is 20.0. The lowest BCUT2D eigenvalue weighted by Gasteiger charge is -2.41. The van der Waals surface area contributed by atoms with Gasteiger partial charge in [-0.25, -0.2) is 0 Å². The molecule has 1 N–H and O–H groups in total. The number of aliphatic hydroxyl groups is 1. The second-order valence-electron chi connectivity index (χ2n) is 9.47. The highest BCUT2D eigenvalue weighted by molar-refractivity contribution is 6.03. The summed E-state index contributed by atoms with van der Waals surface area (Å²) in [5.41, 5.74) is 1.80. The number of rotatable bonds is 10. The summed E-state index contributed by atoms with van der Waals surface area (Å²) < 4.78 is 11.6. The zero-order valence-electron chi connectivity index (χ0n) is 20.0. The molecule has 0 amide bonds. The van der Waals surface area contributed by atoms with E-state index in [-0.39, 0.29) is 30.6 Å². The minimum atomic E-state index is -1.27. The summed E-state index contributed by atoms with van der Waals surface area (Å²) in [6.07, 6.45) is 7.94. The van der Waals surface area contributed by atoms with Crippen LogP contribution in [0.5, 0.6) is 0 Å². The zero-order chi connectivity index (χ0) is 23.1. The van der Waals surface area contributed by atoms with Crippen molar-refractivity contribution in [3.63, 3.8) is 0 Å². The number of nitrogens with zero attached hydrogens (tertiary/aromatic N) is 1. The van der Waals surface area contributed by atoms with Gasteiger partial charge in [-0.05, 0) is 63.1 Å². The summed E-state index contributed by atoms with van der Waals surface area (Å²) in [4.78, 5) is 15.1. The Bertz CT molecular complexity index is 814. The number of piperidine rings is 1. The molecule has 5 nitrogen and oxygen atoms in total. The van der Waals surface area contributed by atoms with E-state index in [1.54, 1.807) is 6.92 Å². The van der Waals surface area contributed by atoms with Crippen molar-refractivity contribution < 1.29 is 19.4 Å². The third kappa shape index (κ3) is 6.16. The summed E-state index contributed by atoms with van der Waals surface area (Å²) in [7, 11) is 0. The Morgan fingerprint density at radius 2 is 2.09 bits per heavy atom. The van der Waals surface area contributed by atoms with Gasteiger partial charge in [0.2, 0.25) is 0 Å². The Morgan fingerprint density at radius 3 is 2.81 bits per heavy atom. The van der Waals surface area contributed by atoms with Crippen molar-refractivity contribution in [1.82, 2.24) is 4.90 Å². The van der Waals surface area contributed by atoms with E-state index in [1.807, 2.05) is 30.3 Å². The molecule has 176 valence electrons. The number of hydrogen-bond donors (Lipinski definition) is 1. The van der Waals surface area contributed by atoms with Gasteiger partial charge in [-0.2, -0.15) is 0 Å². The predicted octanol–water partition coefficient (Wildman–Crippen LogP) is 4.65. The number of Topliss-reactive ketones (excluding diaryl/α,β-unsaturated/α-hetero) is 1. The SMILES string of the molecule is CC[C@H](OCOCc1ccccc1)/C(C)=C/C[C@@H](C)/C=C1\CN2CCC[C@H]2[C@@](C)(O)C1=O. The lowest BCUT2D eigenvalue weighted by molar-refractivity contribution is -0.141. The third-order valence-electron chi connectivity index (χ3n) is 6.78. The smallest absolute Gasteiger partial charge is 0.192 e. The Kier molecular flexibility index (Phi) is 8.83. The van der Waals surface area contributed by atoms with Gasteiger partial charge in [-0.3, -0.25) is 9.69 Å². The van der Waals surface area contributed by atoms with Crippen molar-refractivity contribution in [1.29, 1.82) is 0 Å². The lowest BCUT2D eigenvalue weighted by atomic mass is 9.81. The van der Waals surface area contributed by atoms with Crippen molar-refractivity contribution in [2.75, 3.05) is 19.9 Å². The van der Waals surface area contributed by atoms with Crippen LogP contribution in [-0.4, -0.2) is 53.4 Å². The van der Waals surface area contributed by atoms with E-state index in [0.717, 1.165) is 43.4 Å². The van der Waals surface area contributed by atoms with Crippen LogP contribution in [0.3, 0.4) is 0 Å². The van der Waals surface area contributed by atoms with E-state index >= 15 is 0 Å². The summed E-state index contributed by atoms with van der Waals surface area (Å²) in [5.74, 6) is 0.115. The van der Waals surface area contributed by atoms with E-state index in [1.165, 1.54) is 5.57 Å². The molecule has 0 unspecified atom stereocenters. The number of ketones is 1. The number of fused-ring (bicyclic) bond motifs is 1. The molecular formula is C27H39NO4. The number of carbonyl (C=O) groups excluding carboxylic acids is 1. The van der Waals surface area contributed by atoms with Gasteiger partial charge >= 0.3 is 0 Å². The van der Waals surface area contributed by atoms with E-state index in [2.05, 4.69) is 37.8 Å². The molecule has 0 aromatic heterocycles. The number of ether oxygens (including phenoxy) is 2. The Balaban J connectivity index is 1.50. The molecule has 2 aliphatic rings. The molecule has 0 radical (unpaired) electrons.